The molecule has 0 bridgehead atoms. The van der Waals surface area contributed by atoms with E-state index in [0.29, 0.717) is 23.1 Å². The van der Waals surface area contributed by atoms with E-state index in [1.165, 1.54) is 17.4 Å². The quantitative estimate of drug-likeness (QED) is 0.650. The average Bonchev–Trinajstić information content (AvgIpc) is 3.01. The predicted molar refractivity (Wildman–Crippen MR) is 89.1 cm³/mol. The number of aryl methyl sites for hydroxylation is 1. The second-order valence-corrected chi connectivity index (χ2v) is 5.55. The van der Waals surface area contributed by atoms with Gasteiger partial charge in [0.05, 0.1) is 6.61 Å². The van der Waals surface area contributed by atoms with Crippen LogP contribution in [0.4, 0.5) is 5.13 Å². The van der Waals surface area contributed by atoms with Crippen molar-refractivity contribution in [3.63, 3.8) is 0 Å². The predicted octanol–water partition coefficient (Wildman–Crippen LogP) is 3.04. The SMILES string of the molecule is CCOc1cccc(/C=C(\C#N)C(=O)Nc2nnc(CC)s2)c1. The van der Waals surface area contributed by atoms with Crippen LogP contribution in [0, 0.1) is 11.3 Å². The highest BCUT2D eigenvalue weighted by atomic mass is 32.1. The molecule has 2 aromatic rings. The number of nitriles is 1. The lowest BCUT2D eigenvalue weighted by Crippen LogP contribution is -2.13. The van der Waals surface area contributed by atoms with Gasteiger partial charge in [0, 0.05) is 0 Å². The summed E-state index contributed by atoms with van der Waals surface area (Å²) in [5.74, 6) is 0.184. The summed E-state index contributed by atoms with van der Waals surface area (Å²) < 4.78 is 5.40. The number of hydrogen-bond acceptors (Lipinski definition) is 6. The molecule has 1 aromatic carbocycles. The Labute approximate surface area is 138 Å². The van der Waals surface area contributed by atoms with Crippen molar-refractivity contribution in [3.05, 3.63) is 40.4 Å². The summed E-state index contributed by atoms with van der Waals surface area (Å²) in [5, 5.41) is 20.8. The van der Waals surface area contributed by atoms with E-state index in [9.17, 15) is 10.1 Å². The van der Waals surface area contributed by atoms with Crippen LogP contribution in [0.15, 0.2) is 29.8 Å². The van der Waals surface area contributed by atoms with Crippen molar-refractivity contribution >= 4 is 28.5 Å². The number of anilines is 1. The Morgan fingerprint density at radius 2 is 2.26 bits per heavy atom. The van der Waals surface area contributed by atoms with Gasteiger partial charge in [-0.15, -0.1) is 10.2 Å². The van der Waals surface area contributed by atoms with Gasteiger partial charge in [0.2, 0.25) is 5.13 Å². The van der Waals surface area contributed by atoms with Crippen LogP contribution < -0.4 is 10.1 Å². The van der Waals surface area contributed by atoms with Crippen LogP contribution in [-0.4, -0.2) is 22.7 Å². The van der Waals surface area contributed by atoms with Gasteiger partial charge in [-0.25, -0.2) is 0 Å². The molecule has 0 radical (unpaired) electrons. The van der Waals surface area contributed by atoms with E-state index >= 15 is 0 Å². The van der Waals surface area contributed by atoms with E-state index < -0.39 is 5.91 Å². The topological polar surface area (TPSA) is 87.9 Å². The van der Waals surface area contributed by atoms with Crippen molar-refractivity contribution in [2.24, 2.45) is 0 Å². The summed E-state index contributed by atoms with van der Waals surface area (Å²) in [6.45, 7) is 4.40. The van der Waals surface area contributed by atoms with E-state index in [1.54, 1.807) is 12.1 Å². The number of hydrogen-bond donors (Lipinski definition) is 1. The van der Waals surface area contributed by atoms with E-state index in [2.05, 4.69) is 15.5 Å². The Hall–Kier alpha value is -2.72. The molecular formula is C16H16N4O2S. The molecule has 0 saturated carbocycles. The van der Waals surface area contributed by atoms with Crippen molar-refractivity contribution in [3.8, 4) is 11.8 Å². The highest BCUT2D eigenvalue weighted by Gasteiger charge is 2.12. The Morgan fingerprint density at radius 1 is 1.43 bits per heavy atom. The van der Waals surface area contributed by atoms with Crippen LogP contribution in [0.5, 0.6) is 5.75 Å². The van der Waals surface area contributed by atoms with Crippen LogP contribution in [0.25, 0.3) is 6.08 Å². The minimum atomic E-state index is -0.506. The maximum Gasteiger partial charge on any atom is 0.268 e. The fourth-order valence-corrected chi connectivity index (χ4v) is 2.46. The summed E-state index contributed by atoms with van der Waals surface area (Å²) >= 11 is 1.29. The Morgan fingerprint density at radius 3 is 2.91 bits per heavy atom. The molecule has 118 valence electrons. The number of rotatable bonds is 6. The second-order valence-electron chi connectivity index (χ2n) is 4.48. The van der Waals surface area contributed by atoms with E-state index in [0.717, 1.165) is 11.4 Å². The molecular weight excluding hydrogens is 312 g/mol. The molecule has 0 spiro atoms. The molecule has 6 nitrogen and oxygen atoms in total. The van der Waals surface area contributed by atoms with Gasteiger partial charge < -0.3 is 4.74 Å². The molecule has 1 amide bonds. The van der Waals surface area contributed by atoms with Gasteiger partial charge in [-0.2, -0.15) is 5.26 Å². The molecule has 0 aliphatic rings. The largest absolute Gasteiger partial charge is 0.494 e. The van der Waals surface area contributed by atoms with Crippen LogP contribution in [-0.2, 0) is 11.2 Å². The molecule has 1 aromatic heterocycles. The van der Waals surface area contributed by atoms with Crippen molar-refractivity contribution < 1.29 is 9.53 Å². The molecule has 0 saturated heterocycles. The third kappa shape index (κ3) is 4.63. The highest BCUT2D eigenvalue weighted by molar-refractivity contribution is 7.15. The van der Waals surface area contributed by atoms with E-state index in [4.69, 9.17) is 4.74 Å². The zero-order chi connectivity index (χ0) is 16.7. The van der Waals surface area contributed by atoms with Gasteiger partial charge in [-0.3, -0.25) is 10.1 Å². The molecule has 23 heavy (non-hydrogen) atoms. The maximum atomic E-state index is 12.2. The number of aromatic nitrogens is 2. The monoisotopic (exact) mass is 328 g/mol. The second kappa shape index (κ2) is 8.06. The van der Waals surface area contributed by atoms with Crippen LogP contribution in [0.2, 0.25) is 0 Å². The van der Waals surface area contributed by atoms with Gasteiger partial charge in [0.1, 0.15) is 22.4 Å². The zero-order valence-corrected chi connectivity index (χ0v) is 13.7. The molecule has 1 N–H and O–H groups in total. The van der Waals surface area contributed by atoms with E-state index in [-0.39, 0.29) is 5.57 Å². The molecule has 7 heteroatoms. The first kappa shape index (κ1) is 16.6. The van der Waals surface area contributed by atoms with Crippen LogP contribution in [0.1, 0.15) is 24.4 Å². The molecule has 0 fully saturated rings. The van der Waals surface area contributed by atoms with Gasteiger partial charge in [0.25, 0.3) is 5.91 Å². The summed E-state index contributed by atoms with van der Waals surface area (Å²) in [5.41, 5.74) is 0.709. The van der Waals surface area contributed by atoms with Gasteiger partial charge >= 0.3 is 0 Å². The minimum absolute atomic E-state index is 0.00750. The maximum absolute atomic E-state index is 12.2. The number of nitrogens with zero attached hydrogens (tertiary/aromatic N) is 3. The number of nitrogens with one attached hydrogen (secondary N) is 1. The number of amides is 1. The third-order valence-corrected chi connectivity index (χ3v) is 3.82. The first-order chi connectivity index (χ1) is 11.2. The van der Waals surface area contributed by atoms with Crippen LogP contribution >= 0.6 is 11.3 Å². The highest BCUT2D eigenvalue weighted by Crippen LogP contribution is 2.18. The lowest BCUT2D eigenvalue weighted by molar-refractivity contribution is -0.112. The lowest BCUT2D eigenvalue weighted by atomic mass is 10.1. The number of ether oxygens (including phenoxy) is 1. The summed E-state index contributed by atoms with van der Waals surface area (Å²) in [7, 11) is 0. The third-order valence-electron chi connectivity index (χ3n) is 2.83. The fraction of sp³-hybridized carbons (Fsp3) is 0.250. The first-order valence-corrected chi connectivity index (χ1v) is 7.96. The van der Waals surface area contributed by atoms with Crippen molar-refractivity contribution in [2.45, 2.75) is 20.3 Å². The van der Waals surface area contributed by atoms with Gasteiger partial charge in [-0.05, 0) is 37.1 Å². The van der Waals surface area contributed by atoms with Crippen molar-refractivity contribution in [1.82, 2.24) is 10.2 Å². The summed E-state index contributed by atoms with van der Waals surface area (Å²) in [4.78, 5) is 12.2. The first-order valence-electron chi connectivity index (χ1n) is 7.14. The molecule has 1 heterocycles. The number of carbonyl (C=O) groups is 1. The number of benzene rings is 1. The molecule has 0 atom stereocenters. The zero-order valence-electron chi connectivity index (χ0n) is 12.9. The van der Waals surface area contributed by atoms with E-state index in [1.807, 2.05) is 32.0 Å². The van der Waals surface area contributed by atoms with Gasteiger partial charge in [0.15, 0.2) is 0 Å². The molecule has 0 aliphatic heterocycles. The minimum Gasteiger partial charge on any atom is -0.494 e. The summed E-state index contributed by atoms with van der Waals surface area (Å²) in [6, 6.07) is 9.11. The summed E-state index contributed by atoms with van der Waals surface area (Å²) in [6.07, 6.45) is 2.26. The fourth-order valence-electron chi connectivity index (χ4n) is 1.79. The molecule has 2 rings (SSSR count). The molecule has 0 unspecified atom stereocenters. The average molecular weight is 328 g/mol. The normalized spacial score (nSPS) is 10.9. The Balaban J connectivity index is 2.16. The van der Waals surface area contributed by atoms with Gasteiger partial charge in [-0.1, -0.05) is 30.4 Å². The van der Waals surface area contributed by atoms with Crippen molar-refractivity contribution in [1.29, 1.82) is 5.26 Å². The lowest BCUT2D eigenvalue weighted by Gasteiger charge is -2.04. The Kier molecular flexibility index (Phi) is 5.83. The number of carbonyl (C=O) groups excluding carboxylic acids is 1. The standard InChI is InChI=1S/C16H16N4O2S/c1-3-14-19-20-16(23-14)18-15(21)12(10-17)8-11-6-5-7-13(9-11)22-4-2/h5-9H,3-4H2,1-2H3,(H,18,20,21)/b12-8+. The smallest absolute Gasteiger partial charge is 0.268 e. The molecule has 0 aliphatic carbocycles. The van der Waals surface area contributed by atoms with Crippen LogP contribution in [0.3, 0.4) is 0 Å². The van der Waals surface area contributed by atoms with Crippen molar-refractivity contribution in [2.75, 3.05) is 11.9 Å². The Bertz CT molecular complexity index is 761.